The maximum atomic E-state index is 7.54. The first-order valence-corrected chi connectivity index (χ1v) is 3.47. The average molecular weight is 136 g/mol. The summed E-state index contributed by atoms with van der Waals surface area (Å²) in [5.41, 5.74) is 7.54. The van der Waals surface area contributed by atoms with Crippen LogP contribution in [0.3, 0.4) is 0 Å². The zero-order valence-electron chi connectivity index (χ0n) is 2.75. The van der Waals surface area contributed by atoms with E-state index in [1.54, 1.807) is 0 Å². The van der Waals surface area contributed by atoms with Gasteiger partial charge in [0.25, 0.3) is 0 Å². The molecule has 0 aromatic carbocycles. The van der Waals surface area contributed by atoms with Crippen molar-refractivity contribution in [3.63, 3.8) is 0 Å². The fourth-order valence-corrected chi connectivity index (χ4v) is 0.190. The van der Waals surface area contributed by atoms with Crippen LogP contribution in [-0.4, -0.2) is 15.2 Å². The third-order valence-electron chi connectivity index (χ3n) is 0.118. The first kappa shape index (κ1) is 4.83. The molecule has 0 spiro atoms. The summed E-state index contributed by atoms with van der Waals surface area (Å²) in [6.07, 6.45) is 0. The van der Waals surface area contributed by atoms with Crippen LogP contribution in [0.5, 0.6) is 0 Å². The Labute approximate surface area is 36.4 Å². The second kappa shape index (κ2) is 3.83. The van der Waals surface area contributed by atoms with Gasteiger partial charge in [-0.2, -0.15) is 0 Å². The molecule has 0 aliphatic rings. The van der Waals surface area contributed by atoms with E-state index in [1.165, 1.54) is 0 Å². The summed E-state index contributed by atoms with van der Waals surface area (Å²) in [5, 5.41) is 0. The standard InChI is InChI=1S/CH3N3Se/c1-5-4-3-2/h1H3. The van der Waals surface area contributed by atoms with Crippen LogP contribution in [0.4, 0.5) is 0 Å². The molecular weight excluding hydrogens is 133 g/mol. The summed E-state index contributed by atoms with van der Waals surface area (Å²) < 4.78 is 3.22. The van der Waals surface area contributed by atoms with Crippen LogP contribution < -0.4 is 0 Å². The van der Waals surface area contributed by atoms with E-state index in [0.717, 1.165) is 0 Å². The number of nitrogens with zero attached hydrogens (tertiary/aromatic N) is 3. The van der Waals surface area contributed by atoms with Crippen molar-refractivity contribution < 1.29 is 0 Å². The second-order valence-electron chi connectivity index (χ2n) is 0.354. The molecule has 0 aliphatic heterocycles. The van der Waals surface area contributed by atoms with E-state index in [4.69, 9.17) is 5.53 Å². The van der Waals surface area contributed by atoms with Crippen LogP contribution in [0.15, 0.2) is 4.13 Å². The molecule has 0 saturated heterocycles. The van der Waals surface area contributed by atoms with Gasteiger partial charge in [-0.05, 0) is 0 Å². The third-order valence-corrected chi connectivity index (χ3v) is 0.614. The summed E-state index contributed by atoms with van der Waals surface area (Å²) in [5.74, 6) is 1.85. The molecule has 5 heavy (non-hydrogen) atoms. The second-order valence-corrected chi connectivity index (χ2v) is 1.46. The Morgan fingerprint density at radius 3 is 2.60 bits per heavy atom. The summed E-state index contributed by atoms with van der Waals surface area (Å²) in [7, 11) is 0. The quantitative estimate of drug-likeness (QED) is 0.223. The molecule has 0 aliphatic carbocycles. The minimum atomic E-state index is 0.134. The van der Waals surface area contributed by atoms with E-state index in [1.807, 2.05) is 5.82 Å². The number of hydrogen-bond donors (Lipinski definition) is 0. The molecule has 0 saturated carbocycles. The minimum absolute atomic E-state index is 0.134. The van der Waals surface area contributed by atoms with Crippen LogP contribution in [-0.2, 0) is 0 Å². The molecule has 0 N–H and O–H groups in total. The first-order chi connectivity index (χ1) is 2.41. The van der Waals surface area contributed by atoms with Gasteiger partial charge < -0.3 is 0 Å². The van der Waals surface area contributed by atoms with Crippen LogP contribution in [0.1, 0.15) is 0 Å². The monoisotopic (exact) mass is 137 g/mol. The summed E-state index contributed by atoms with van der Waals surface area (Å²) >= 11 is 0.134. The summed E-state index contributed by atoms with van der Waals surface area (Å²) in [4.78, 5) is 2.51. The van der Waals surface area contributed by atoms with E-state index < -0.39 is 0 Å². The van der Waals surface area contributed by atoms with E-state index in [-0.39, 0.29) is 15.2 Å². The Bertz CT molecular complexity index is 53.9. The van der Waals surface area contributed by atoms with Crippen LogP contribution in [0.25, 0.3) is 10.4 Å². The molecule has 0 rings (SSSR count). The molecule has 0 atom stereocenters. The zero-order chi connectivity index (χ0) is 4.12. The average Bonchev–Trinajstić information content (AvgIpc) is 1.41. The molecule has 0 bridgehead atoms. The number of azide groups is 1. The molecule has 0 aromatic heterocycles. The van der Waals surface area contributed by atoms with Crippen molar-refractivity contribution in [1.82, 2.24) is 0 Å². The van der Waals surface area contributed by atoms with Gasteiger partial charge in [0.1, 0.15) is 0 Å². The molecule has 0 aromatic rings. The molecule has 0 amide bonds. The van der Waals surface area contributed by atoms with Gasteiger partial charge >= 0.3 is 35.6 Å². The van der Waals surface area contributed by atoms with Gasteiger partial charge in [-0.1, -0.05) is 0 Å². The van der Waals surface area contributed by atoms with Crippen molar-refractivity contribution in [3.8, 4) is 0 Å². The van der Waals surface area contributed by atoms with E-state index in [0.29, 0.717) is 0 Å². The zero-order valence-corrected chi connectivity index (χ0v) is 4.46. The molecule has 0 unspecified atom stereocenters. The van der Waals surface area contributed by atoms with Gasteiger partial charge in [-0.3, -0.25) is 0 Å². The van der Waals surface area contributed by atoms with Crippen molar-refractivity contribution in [3.05, 3.63) is 10.4 Å². The van der Waals surface area contributed by atoms with Crippen molar-refractivity contribution in [2.24, 2.45) is 4.13 Å². The number of hydrogen-bond acceptors (Lipinski definition) is 1. The molecular formula is CH3N3Se. The van der Waals surface area contributed by atoms with Gasteiger partial charge in [0.2, 0.25) is 0 Å². The van der Waals surface area contributed by atoms with Crippen molar-refractivity contribution in [1.29, 1.82) is 0 Å². The van der Waals surface area contributed by atoms with Crippen molar-refractivity contribution >= 4 is 15.2 Å². The van der Waals surface area contributed by atoms with Gasteiger partial charge in [0.15, 0.2) is 0 Å². The maximum absolute atomic E-state index is 7.54. The summed E-state index contributed by atoms with van der Waals surface area (Å²) in [6.45, 7) is 0. The Morgan fingerprint density at radius 2 is 2.60 bits per heavy atom. The van der Waals surface area contributed by atoms with Crippen LogP contribution in [0.2, 0.25) is 5.82 Å². The van der Waals surface area contributed by atoms with E-state index in [2.05, 4.69) is 9.04 Å². The third kappa shape index (κ3) is 3.83. The Balaban J connectivity index is 2.93. The molecule has 4 heteroatoms. The van der Waals surface area contributed by atoms with Crippen LogP contribution >= 0.6 is 0 Å². The van der Waals surface area contributed by atoms with Crippen molar-refractivity contribution in [2.75, 3.05) is 0 Å². The van der Waals surface area contributed by atoms with Crippen LogP contribution in [0, 0.1) is 0 Å². The van der Waals surface area contributed by atoms with Gasteiger partial charge in [-0.15, -0.1) is 0 Å². The molecule has 0 radical (unpaired) electrons. The molecule has 0 heterocycles. The van der Waals surface area contributed by atoms with E-state index >= 15 is 0 Å². The topological polar surface area (TPSA) is 48.8 Å². The predicted octanol–water partition coefficient (Wildman–Crippen LogP) is 0.964. The Hall–Kier alpha value is -0.171. The normalized spacial score (nSPS) is 5.80. The van der Waals surface area contributed by atoms with Gasteiger partial charge in [0, 0.05) is 0 Å². The fourth-order valence-electron chi connectivity index (χ4n) is 0.0365. The fraction of sp³-hybridized carbons (Fsp3) is 1.00. The molecule has 28 valence electrons. The van der Waals surface area contributed by atoms with Gasteiger partial charge in [0.05, 0.1) is 0 Å². The number of rotatable bonds is 1. The van der Waals surface area contributed by atoms with E-state index in [9.17, 15) is 0 Å². The summed E-state index contributed by atoms with van der Waals surface area (Å²) in [6, 6.07) is 0. The molecule has 0 fully saturated rings. The Morgan fingerprint density at radius 1 is 2.00 bits per heavy atom. The predicted molar refractivity (Wildman–Crippen MR) is 20.8 cm³/mol. The van der Waals surface area contributed by atoms with Crippen molar-refractivity contribution in [2.45, 2.75) is 5.82 Å². The molecule has 3 nitrogen and oxygen atoms in total. The Kier molecular flexibility index (Phi) is 3.70. The first-order valence-electron chi connectivity index (χ1n) is 0.991. The van der Waals surface area contributed by atoms with Gasteiger partial charge in [-0.25, -0.2) is 0 Å². The SMILES string of the molecule is C[Se]N=[N+]=[N-].